The highest BCUT2D eigenvalue weighted by atomic mass is 35.5. The summed E-state index contributed by atoms with van der Waals surface area (Å²) in [5.74, 6) is -0.447. The zero-order valence-corrected chi connectivity index (χ0v) is 11.3. The second kappa shape index (κ2) is 6.15. The van der Waals surface area contributed by atoms with E-state index in [-0.39, 0.29) is 29.1 Å². The number of ketones is 1. The van der Waals surface area contributed by atoms with Crippen LogP contribution in [0.2, 0.25) is 5.02 Å². The van der Waals surface area contributed by atoms with E-state index in [4.69, 9.17) is 11.6 Å². The van der Waals surface area contributed by atoms with Gasteiger partial charge in [0.2, 0.25) is 6.54 Å². The van der Waals surface area contributed by atoms with E-state index in [0.29, 0.717) is 11.4 Å². The topological polar surface area (TPSA) is 60.2 Å². The first-order chi connectivity index (χ1) is 9.08. The fourth-order valence-corrected chi connectivity index (χ4v) is 3.00. The molecular formula is C14H16ClNO3. The predicted molar refractivity (Wildman–Crippen MR) is 73.0 cm³/mol. The first-order valence-electron chi connectivity index (χ1n) is 6.48. The number of nitrogens with zero attached hydrogens (tertiary/aromatic N) is 1. The fourth-order valence-electron chi connectivity index (χ4n) is 2.80. The Kier molecular flexibility index (Phi) is 4.53. The average Bonchev–Trinajstić information content (AvgIpc) is 2.37. The van der Waals surface area contributed by atoms with Crippen molar-refractivity contribution in [2.75, 3.05) is 6.54 Å². The van der Waals surface area contributed by atoms with E-state index >= 15 is 0 Å². The third kappa shape index (κ3) is 3.53. The number of halogens is 1. The highest BCUT2D eigenvalue weighted by Gasteiger charge is 2.34. The molecule has 0 bridgehead atoms. The Morgan fingerprint density at radius 3 is 2.84 bits per heavy atom. The van der Waals surface area contributed by atoms with E-state index in [9.17, 15) is 14.9 Å². The van der Waals surface area contributed by atoms with Crippen LogP contribution in [0.25, 0.3) is 0 Å². The summed E-state index contributed by atoms with van der Waals surface area (Å²) in [4.78, 5) is 22.6. The minimum absolute atomic E-state index is 0.151. The van der Waals surface area contributed by atoms with Gasteiger partial charge in [0, 0.05) is 22.3 Å². The van der Waals surface area contributed by atoms with Crippen LogP contribution >= 0.6 is 11.6 Å². The van der Waals surface area contributed by atoms with E-state index in [1.165, 1.54) is 0 Å². The van der Waals surface area contributed by atoms with E-state index in [1.54, 1.807) is 18.2 Å². The number of Topliss-reactive ketones (excluding diaryl/α,β-unsaturated/α-hetero) is 1. The molecule has 1 saturated carbocycles. The maximum Gasteiger partial charge on any atom is 0.211 e. The Hall–Kier alpha value is -1.42. The molecule has 4 nitrogen and oxygen atoms in total. The summed E-state index contributed by atoms with van der Waals surface area (Å²) in [5.41, 5.74) is 0.796. The third-order valence-electron chi connectivity index (χ3n) is 3.71. The monoisotopic (exact) mass is 281 g/mol. The van der Waals surface area contributed by atoms with Crippen LogP contribution in [0.1, 0.15) is 37.2 Å². The highest BCUT2D eigenvalue weighted by molar-refractivity contribution is 6.30. The molecule has 1 aromatic carbocycles. The van der Waals surface area contributed by atoms with Gasteiger partial charge in [0.25, 0.3) is 0 Å². The Balaban J connectivity index is 2.29. The molecule has 2 rings (SSSR count). The minimum Gasteiger partial charge on any atom is -0.299 e. The van der Waals surface area contributed by atoms with Crippen LogP contribution in [0.5, 0.6) is 0 Å². The van der Waals surface area contributed by atoms with Gasteiger partial charge in [-0.25, -0.2) is 0 Å². The maximum atomic E-state index is 12.0. The van der Waals surface area contributed by atoms with Gasteiger partial charge < -0.3 is 0 Å². The molecule has 1 fully saturated rings. The second-order valence-corrected chi connectivity index (χ2v) is 5.43. The number of nitro groups is 1. The standard InChI is InChI=1S/C14H16ClNO3/c15-11-5-3-4-10(8-11)13(9-16(18)19)12-6-1-2-7-14(12)17/h3-5,8,12-13H,1-2,6-7,9H2/t12-,13-/m0/s1. The van der Waals surface area contributed by atoms with Gasteiger partial charge in [-0.1, -0.05) is 30.2 Å². The molecule has 0 saturated heterocycles. The lowest BCUT2D eigenvalue weighted by molar-refractivity contribution is -0.484. The van der Waals surface area contributed by atoms with Crippen molar-refractivity contribution in [3.63, 3.8) is 0 Å². The molecule has 0 unspecified atom stereocenters. The van der Waals surface area contributed by atoms with Crippen molar-refractivity contribution >= 4 is 17.4 Å². The Morgan fingerprint density at radius 1 is 1.42 bits per heavy atom. The average molecular weight is 282 g/mol. The lowest BCUT2D eigenvalue weighted by Crippen LogP contribution is -2.30. The molecular weight excluding hydrogens is 266 g/mol. The van der Waals surface area contributed by atoms with Crippen LogP contribution in [0.3, 0.4) is 0 Å². The molecule has 0 radical (unpaired) electrons. The molecule has 1 aliphatic rings. The van der Waals surface area contributed by atoms with E-state index in [1.807, 2.05) is 6.07 Å². The Bertz CT molecular complexity index is 489. The lowest BCUT2D eigenvalue weighted by Gasteiger charge is -2.27. The van der Waals surface area contributed by atoms with E-state index in [0.717, 1.165) is 24.8 Å². The molecule has 0 amide bonds. The fraction of sp³-hybridized carbons (Fsp3) is 0.500. The van der Waals surface area contributed by atoms with Gasteiger partial charge in [-0.3, -0.25) is 14.9 Å². The van der Waals surface area contributed by atoms with Gasteiger partial charge in [-0.15, -0.1) is 0 Å². The van der Waals surface area contributed by atoms with E-state index in [2.05, 4.69) is 0 Å². The summed E-state index contributed by atoms with van der Waals surface area (Å²) in [6.07, 6.45) is 3.14. The zero-order chi connectivity index (χ0) is 13.8. The summed E-state index contributed by atoms with van der Waals surface area (Å²) in [5, 5.41) is 11.4. The van der Waals surface area contributed by atoms with Crippen LogP contribution in [0, 0.1) is 16.0 Å². The number of carbonyl (C=O) groups excluding carboxylic acids is 1. The molecule has 19 heavy (non-hydrogen) atoms. The first kappa shape index (κ1) is 14.0. The van der Waals surface area contributed by atoms with E-state index < -0.39 is 0 Å². The summed E-state index contributed by atoms with van der Waals surface area (Å²) in [6.45, 7) is -0.212. The normalized spacial score (nSPS) is 21.1. The Morgan fingerprint density at radius 2 is 2.21 bits per heavy atom. The second-order valence-electron chi connectivity index (χ2n) is 5.00. The first-order valence-corrected chi connectivity index (χ1v) is 6.85. The van der Waals surface area contributed by atoms with Crippen LogP contribution in [0.15, 0.2) is 24.3 Å². The summed E-state index contributed by atoms with van der Waals surface area (Å²) < 4.78 is 0. The van der Waals surface area contributed by atoms with Crippen LogP contribution < -0.4 is 0 Å². The molecule has 102 valence electrons. The van der Waals surface area contributed by atoms with Crippen molar-refractivity contribution in [1.29, 1.82) is 0 Å². The number of hydrogen-bond acceptors (Lipinski definition) is 3. The highest BCUT2D eigenvalue weighted by Crippen LogP contribution is 2.34. The van der Waals surface area contributed by atoms with Crippen LogP contribution in [-0.2, 0) is 4.79 Å². The number of rotatable bonds is 4. The third-order valence-corrected chi connectivity index (χ3v) is 3.95. The van der Waals surface area contributed by atoms with Crippen molar-refractivity contribution in [2.45, 2.75) is 31.6 Å². The maximum absolute atomic E-state index is 12.0. The van der Waals surface area contributed by atoms with Gasteiger partial charge in [0.05, 0.1) is 5.92 Å². The molecule has 1 aliphatic carbocycles. The molecule has 0 spiro atoms. The van der Waals surface area contributed by atoms with Crippen molar-refractivity contribution in [3.05, 3.63) is 45.0 Å². The zero-order valence-electron chi connectivity index (χ0n) is 10.5. The summed E-state index contributed by atoms with van der Waals surface area (Å²) in [7, 11) is 0. The number of carbonyl (C=O) groups is 1. The number of benzene rings is 1. The quantitative estimate of drug-likeness (QED) is 0.627. The van der Waals surface area contributed by atoms with Crippen molar-refractivity contribution < 1.29 is 9.72 Å². The molecule has 0 heterocycles. The van der Waals surface area contributed by atoms with Crippen LogP contribution in [-0.4, -0.2) is 17.3 Å². The van der Waals surface area contributed by atoms with Gasteiger partial charge in [-0.05, 0) is 30.5 Å². The molecule has 0 aromatic heterocycles. The van der Waals surface area contributed by atoms with Crippen molar-refractivity contribution in [3.8, 4) is 0 Å². The predicted octanol–water partition coefficient (Wildman–Crippen LogP) is 3.46. The molecule has 0 aliphatic heterocycles. The summed E-state index contributed by atoms with van der Waals surface area (Å²) in [6, 6.07) is 7.06. The molecule has 2 atom stereocenters. The smallest absolute Gasteiger partial charge is 0.211 e. The van der Waals surface area contributed by atoms with Crippen LogP contribution in [0.4, 0.5) is 0 Å². The molecule has 0 N–H and O–H groups in total. The van der Waals surface area contributed by atoms with Gasteiger partial charge in [0.15, 0.2) is 0 Å². The summed E-state index contributed by atoms with van der Waals surface area (Å²) >= 11 is 5.95. The SMILES string of the molecule is O=C1CCCC[C@H]1[C@@H](C[N+](=O)[O-])c1cccc(Cl)c1. The Labute approximate surface area is 116 Å². The largest absolute Gasteiger partial charge is 0.299 e. The van der Waals surface area contributed by atoms with Gasteiger partial charge in [0.1, 0.15) is 5.78 Å². The molecule has 5 heteroatoms. The number of hydrogen-bond donors (Lipinski definition) is 0. The lowest BCUT2D eigenvalue weighted by atomic mass is 9.76. The minimum atomic E-state index is -0.360. The molecule has 1 aromatic rings. The van der Waals surface area contributed by atoms with Crippen molar-refractivity contribution in [1.82, 2.24) is 0 Å². The van der Waals surface area contributed by atoms with Crippen molar-refractivity contribution in [2.24, 2.45) is 5.92 Å². The van der Waals surface area contributed by atoms with Gasteiger partial charge >= 0.3 is 0 Å². The van der Waals surface area contributed by atoms with Gasteiger partial charge in [-0.2, -0.15) is 0 Å².